The molecule has 19 heavy (non-hydrogen) atoms. The third-order valence-electron chi connectivity index (χ3n) is 4.51. The van der Waals surface area contributed by atoms with Crippen LogP contribution in [0.25, 0.3) is 0 Å². The van der Waals surface area contributed by atoms with Crippen LogP contribution in [-0.2, 0) is 4.79 Å². The number of piperidine rings is 1. The lowest BCUT2D eigenvalue weighted by Crippen LogP contribution is -2.49. The Kier molecular flexibility index (Phi) is 4.29. The Morgan fingerprint density at radius 2 is 1.74 bits per heavy atom. The van der Waals surface area contributed by atoms with Crippen molar-refractivity contribution in [3.05, 3.63) is 0 Å². The Hall–Kier alpha value is -1.30. The number of aliphatic hydroxyl groups excluding tert-OH is 1. The Balaban J connectivity index is 1.74. The second kappa shape index (κ2) is 5.77. The lowest BCUT2D eigenvalue weighted by atomic mass is 9.77. The van der Waals surface area contributed by atoms with Gasteiger partial charge in [0, 0.05) is 13.1 Å². The number of aliphatic carboxylic acids is 1. The lowest BCUT2D eigenvalue weighted by molar-refractivity contribution is -0.146. The van der Waals surface area contributed by atoms with Crippen LogP contribution in [0.2, 0.25) is 0 Å². The van der Waals surface area contributed by atoms with Crippen LogP contribution in [0.3, 0.4) is 0 Å². The average molecular weight is 270 g/mol. The topological polar surface area (TPSA) is 89.9 Å². The summed E-state index contributed by atoms with van der Waals surface area (Å²) in [6.45, 7) is 1.22. The van der Waals surface area contributed by atoms with Crippen molar-refractivity contribution in [2.45, 2.75) is 44.6 Å². The summed E-state index contributed by atoms with van der Waals surface area (Å²) in [7, 11) is 0. The van der Waals surface area contributed by atoms with E-state index >= 15 is 0 Å². The number of carbonyl (C=O) groups is 2. The highest BCUT2D eigenvalue weighted by Gasteiger charge is 2.37. The number of rotatable bonds is 3. The first kappa shape index (κ1) is 14.1. The molecule has 1 heterocycles. The highest BCUT2D eigenvalue weighted by molar-refractivity contribution is 5.76. The SMILES string of the molecule is O=C(O)C(O)CNC(=O)N1CCC2(CCCC2)CC1. The third kappa shape index (κ3) is 3.37. The predicted octanol–water partition coefficient (Wildman–Crippen LogP) is 0.798. The minimum absolute atomic E-state index is 0.240. The van der Waals surface area contributed by atoms with E-state index in [-0.39, 0.29) is 12.6 Å². The molecular weight excluding hydrogens is 248 g/mol. The molecule has 1 unspecified atom stereocenters. The van der Waals surface area contributed by atoms with Crippen molar-refractivity contribution >= 4 is 12.0 Å². The van der Waals surface area contributed by atoms with Crippen molar-refractivity contribution in [2.75, 3.05) is 19.6 Å². The molecule has 1 saturated carbocycles. The molecule has 1 spiro atoms. The molecule has 1 aliphatic heterocycles. The first-order valence-corrected chi connectivity index (χ1v) is 6.96. The van der Waals surface area contributed by atoms with E-state index in [1.54, 1.807) is 4.90 Å². The van der Waals surface area contributed by atoms with Gasteiger partial charge < -0.3 is 20.4 Å². The van der Waals surface area contributed by atoms with Crippen LogP contribution in [0.4, 0.5) is 4.79 Å². The summed E-state index contributed by atoms with van der Waals surface area (Å²) in [4.78, 5) is 24.0. The first-order chi connectivity index (χ1) is 9.02. The standard InChI is InChI=1S/C13H22N2O4/c16-10(11(17)18)9-14-12(19)15-7-5-13(6-8-15)3-1-2-4-13/h10,16H,1-9H2,(H,14,19)(H,17,18). The van der Waals surface area contributed by atoms with Gasteiger partial charge in [0.05, 0.1) is 6.54 Å². The molecule has 0 aromatic rings. The van der Waals surface area contributed by atoms with Crippen molar-refractivity contribution in [1.82, 2.24) is 10.2 Å². The van der Waals surface area contributed by atoms with Crippen LogP contribution in [0.5, 0.6) is 0 Å². The smallest absolute Gasteiger partial charge is 0.334 e. The number of aliphatic hydroxyl groups is 1. The van der Waals surface area contributed by atoms with E-state index in [0.29, 0.717) is 5.41 Å². The number of carboxylic acid groups (broad SMARTS) is 1. The molecule has 6 heteroatoms. The van der Waals surface area contributed by atoms with E-state index in [0.717, 1.165) is 25.9 Å². The molecule has 1 saturated heterocycles. The molecule has 2 rings (SSSR count). The number of amides is 2. The summed E-state index contributed by atoms with van der Waals surface area (Å²) < 4.78 is 0. The number of hydrogen-bond donors (Lipinski definition) is 3. The zero-order chi connectivity index (χ0) is 13.9. The summed E-state index contributed by atoms with van der Waals surface area (Å²) >= 11 is 0. The summed E-state index contributed by atoms with van der Waals surface area (Å²) in [5.41, 5.74) is 0.456. The third-order valence-corrected chi connectivity index (χ3v) is 4.51. The number of hydrogen-bond acceptors (Lipinski definition) is 3. The molecule has 1 aliphatic carbocycles. The quantitative estimate of drug-likeness (QED) is 0.707. The van der Waals surface area contributed by atoms with Crippen molar-refractivity contribution in [2.24, 2.45) is 5.41 Å². The van der Waals surface area contributed by atoms with Crippen molar-refractivity contribution in [3.8, 4) is 0 Å². The number of nitrogens with zero attached hydrogens (tertiary/aromatic N) is 1. The molecule has 2 fully saturated rings. The second-order valence-electron chi connectivity index (χ2n) is 5.73. The van der Waals surface area contributed by atoms with Crippen LogP contribution >= 0.6 is 0 Å². The molecule has 0 radical (unpaired) electrons. The van der Waals surface area contributed by atoms with Crippen molar-refractivity contribution in [1.29, 1.82) is 0 Å². The van der Waals surface area contributed by atoms with Crippen LogP contribution in [0, 0.1) is 5.41 Å². The van der Waals surface area contributed by atoms with Gasteiger partial charge in [-0.3, -0.25) is 0 Å². The number of carbonyl (C=O) groups excluding carboxylic acids is 1. The molecule has 108 valence electrons. The van der Waals surface area contributed by atoms with Gasteiger partial charge in [0.25, 0.3) is 0 Å². The fourth-order valence-corrected chi connectivity index (χ4v) is 3.19. The Morgan fingerprint density at radius 1 is 1.16 bits per heavy atom. The number of urea groups is 1. The van der Waals surface area contributed by atoms with Gasteiger partial charge in [-0.25, -0.2) is 9.59 Å². The maximum atomic E-state index is 11.8. The average Bonchev–Trinajstić information content (AvgIpc) is 2.84. The fourth-order valence-electron chi connectivity index (χ4n) is 3.19. The molecule has 0 aromatic heterocycles. The van der Waals surface area contributed by atoms with Gasteiger partial charge in [0.2, 0.25) is 0 Å². The van der Waals surface area contributed by atoms with Crippen LogP contribution in [0.15, 0.2) is 0 Å². The van der Waals surface area contributed by atoms with E-state index in [4.69, 9.17) is 10.2 Å². The van der Waals surface area contributed by atoms with Gasteiger partial charge in [-0.15, -0.1) is 0 Å². The van der Waals surface area contributed by atoms with Gasteiger partial charge in [-0.2, -0.15) is 0 Å². The fraction of sp³-hybridized carbons (Fsp3) is 0.846. The molecule has 0 aromatic carbocycles. The minimum atomic E-state index is -1.53. The summed E-state index contributed by atoms with van der Waals surface area (Å²) in [6, 6.07) is -0.270. The Bertz CT molecular complexity index is 343. The highest BCUT2D eigenvalue weighted by Crippen LogP contribution is 2.45. The van der Waals surface area contributed by atoms with Crippen LogP contribution in [0.1, 0.15) is 38.5 Å². The van der Waals surface area contributed by atoms with Gasteiger partial charge in [0.15, 0.2) is 6.10 Å². The van der Waals surface area contributed by atoms with E-state index in [2.05, 4.69) is 5.32 Å². The lowest BCUT2D eigenvalue weighted by Gasteiger charge is -2.39. The maximum absolute atomic E-state index is 11.8. The molecule has 3 N–H and O–H groups in total. The normalized spacial score (nSPS) is 23.3. The van der Waals surface area contributed by atoms with Crippen molar-refractivity contribution in [3.63, 3.8) is 0 Å². The summed E-state index contributed by atoms with van der Waals surface area (Å²) in [6.07, 6.45) is 5.72. The number of nitrogens with one attached hydrogen (secondary N) is 1. The molecule has 1 atom stereocenters. The van der Waals surface area contributed by atoms with Gasteiger partial charge in [-0.1, -0.05) is 12.8 Å². The van der Waals surface area contributed by atoms with E-state index in [1.165, 1.54) is 25.7 Å². The largest absolute Gasteiger partial charge is 0.479 e. The van der Waals surface area contributed by atoms with Gasteiger partial charge in [-0.05, 0) is 31.1 Å². The Labute approximate surface area is 112 Å². The van der Waals surface area contributed by atoms with E-state index in [9.17, 15) is 9.59 Å². The molecular formula is C13H22N2O4. The maximum Gasteiger partial charge on any atom is 0.334 e. The molecule has 2 amide bonds. The summed E-state index contributed by atoms with van der Waals surface area (Å²) in [5, 5.41) is 20.1. The Morgan fingerprint density at radius 3 is 2.26 bits per heavy atom. The monoisotopic (exact) mass is 270 g/mol. The number of carboxylic acids is 1. The van der Waals surface area contributed by atoms with E-state index in [1.807, 2.05) is 0 Å². The van der Waals surface area contributed by atoms with Crippen molar-refractivity contribution < 1.29 is 19.8 Å². The predicted molar refractivity (Wildman–Crippen MR) is 68.7 cm³/mol. The molecule has 0 bridgehead atoms. The second-order valence-corrected chi connectivity index (χ2v) is 5.73. The van der Waals surface area contributed by atoms with Gasteiger partial charge >= 0.3 is 12.0 Å². The zero-order valence-electron chi connectivity index (χ0n) is 11.1. The molecule has 2 aliphatic rings. The molecule has 6 nitrogen and oxygen atoms in total. The summed E-state index contributed by atoms with van der Waals surface area (Å²) in [5.74, 6) is -1.32. The first-order valence-electron chi connectivity index (χ1n) is 6.96. The zero-order valence-corrected chi connectivity index (χ0v) is 11.1. The minimum Gasteiger partial charge on any atom is -0.479 e. The van der Waals surface area contributed by atoms with Crippen LogP contribution < -0.4 is 5.32 Å². The van der Waals surface area contributed by atoms with E-state index < -0.39 is 12.1 Å². The van der Waals surface area contributed by atoms with Crippen LogP contribution in [-0.4, -0.2) is 52.9 Å². The number of likely N-dealkylation sites (tertiary alicyclic amines) is 1. The van der Waals surface area contributed by atoms with Gasteiger partial charge in [0.1, 0.15) is 0 Å². The highest BCUT2D eigenvalue weighted by atomic mass is 16.4.